The Balaban J connectivity index is 2.95. The minimum atomic E-state index is -0.858. The Bertz CT molecular complexity index is 361. The second kappa shape index (κ2) is 4.94. The number of hydrogen-bond donors (Lipinski definition) is 2. The molecule has 3 nitrogen and oxygen atoms in total. The maximum atomic E-state index is 10.6. The van der Waals surface area contributed by atoms with Crippen molar-refractivity contribution in [2.45, 2.75) is 32.7 Å². The molecule has 0 aliphatic carbocycles. The van der Waals surface area contributed by atoms with Gasteiger partial charge in [0.25, 0.3) is 0 Å². The Morgan fingerprint density at radius 3 is 2.73 bits per heavy atom. The number of hydrogen-bond acceptors (Lipinski definition) is 2. The first-order valence-corrected chi connectivity index (χ1v) is 5.11. The average molecular weight is 207 g/mol. The van der Waals surface area contributed by atoms with E-state index in [1.165, 1.54) is 5.56 Å². The highest BCUT2D eigenvalue weighted by molar-refractivity contribution is 5.68. The first-order chi connectivity index (χ1) is 7.04. The normalized spacial score (nSPS) is 12.5. The van der Waals surface area contributed by atoms with E-state index in [1.54, 1.807) is 0 Å². The van der Waals surface area contributed by atoms with E-state index in [0.717, 1.165) is 17.5 Å². The number of benzene rings is 1. The summed E-state index contributed by atoms with van der Waals surface area (Å²) in [5.41, 5.74) is 9.03. The molecule has 0 bridgehead atoms. The molecule has 1 aromatic rings. The van der Waals surface area contributed by atoms with E-state index < -0.39 is 12.0 Å². The Labute approximate surface area is 89.9 Å². The topological polar surface area (TPSA) is 63.3 Å². The van der Waals surface area contributed by atoms with Gasteiger partial charge in [0, 0.05) is 6.04 Å². The van der Waals surface area contributed by atoms with Gasteiger partial charge in [-0.25, -0.2) is 0 Å². The maximum absolute atomic E-state index is 10.6. The molecule has 82 valence electrons. The fourth-order valence-corrected chi connectivity index (χ4v) is 1.61. The molecule has 1 atom stereocenters. The van der Waals surface area contributed by atoms with Gasteiger partial charge in [0.05, 0.1) is 6.42 Å². The third kappa shape index (κ3) is 3.06. The Morgan fingerprint density at radius 2 is 2.20 bits per heavy atom. The highest BCUT2D eigenvalue weighted by Gasteiger charge is 2.12. The van der Waals surface area contributed by atoms with Gasteiger partial charge >= 0.3 is 5.97 Å². The van der Waals surface area contributed by atoms with E-state index in [-0.39, 0.29) is 6.42 Å². The maximum Gasteiger partial charge on any atom is 0.305 e. The van der Waals surface area contributed by atoms with Crippen LogP contribution < -0.4 is 5.73 Å². The molecule has 0 radical (unpaired) electrons. The van der Waals surface area contributed by atoms with Crippen LogP contribution in [0.15, 0.2) is 18.2 Å². The molecule has 1 aromatic carbocycles. The molecular formula is C12H17NO2. The lowest BCUT2D eigenvalue weighted by Gasteiger charge is -2.13. The molecule has 0 fully saturated rings. The van der Waals surface area contributed by atoms with Crippen LogP contribution >= 0.6 is 0 Å². The second-order valence-electron chi connectivity index (χ2n) is 3.75. The average Bonchev–Trinajstić information content (AvgIpc) is 2.17. The Morgan fingerprint density at radius 1 is 1.53 bits per heavy atom. The van der Waals surface area contributed by atoms with Gasteiger partial charge in [-0.1, -0.05) is 25.1 Å². The summed E-state index contributed by atoms with van der Waals surface area (Å²) in [7, 11) is 0. The van der Waals surface area contributed by atoms with Crippen LogP contribution in [0.2, 0.25) is 0 Å². The molecular weight excluding hydrogens is 190 g/mol. The fourth-order valence-electron chi connectivity index (χ4n) is 1.61. The smallest absolute Gasteiger partial charge is 0.305 e. The number of aliphatic carboxylic acids is 1. The molecule has 0 saturated carbocycles. The van der Waals surface area contributed by atoms with Gasteiger partial charge in [-0.05, 0) is 30.0 Å². The van der Waals surface area contributed by atoms with Crippen LogP contribution in [0.1, 0.15) is 36.1 Å². The summed E-state index contributed by atoms with van der Waals surface area (Å²) in [6, 6.07) is 5.64. The second-order valence-corrected chi connectivity index (χ2v) is 3.75. The van der Waals surface area contributed by atoms with Crippen LogP contribution in [-0.4, -0.2) is 11.1 Å². The molecule has 3 heteroatoms. The monoisotopic (exact) mass is 207 g/mol. The number of nitrogens with two attached hydrogens (primary N) is 1. The van der Waals surface area contributed by atoms with E-state index in [4.69, 9.17) is 10.8 Å². The highest BCUT2D eigenvalue weighted by Crippen LogP contribution is 2.20. The van der Waals surface area contributed by atoms with Gasteiger partial charge in [0.2, 0.25) is 0 Å². The largest absolute Gasteiger partial charge is 0.481 e. The SMILES string of the molecule is CCc1ccc(C)c(C(N)CC(=O)O)c1. The number of rotatable bonds is 4. The van der Waals surface area contributed by atoms with Crippen LogP contribution in [-0.2, 0) is 11.2 Å². The highest BCUT2D eigenvalue weighted by atomic mass is 16.4. The predicted octanol–water partition coefficient (Wildman–Crippen LogP) is 2.03. The molecule has 0 amide bonds. The first-order valence-electron chi connectivity index (χ1n) is 5.11. The minimum absolute atomic E-state index is 0.0198. The zero-order valence-electron chi connectivity index (χ0n) is 9.16. The quantitative estimate of drug-likeness (QED) is 0.794. The summed E-state index contributed by atoms with van der Waals surface area (Å²) in [5, 5.41) is 8.68. The number of aryl methyl sites for hydroxylation is 2. The fraction of sp³-hybridized carbons (Fsp3) is 0.417. The third-order valence-electron chi connectivity index (χ3n) is 2.55. The van der Waals surface area contributed by atoms with Crippen molar-refractivity contribution >= 4 is 5.97 Å². The lowest BCUT2D eigenvalue weighted by atomic mass is 9.96. The summed E-state index contributed by atoms with van der Waals surface area (Å²) in [6.07, 6.45) is 0.918. The van der Waals surface area contributed by atoms with Gasteiger partial charge in [0.1, 0.15) is 0 Å². The van der Waals surface area contributed by atoms with Crippen molar-refractivity contribution in [1.29, 1.82) is 0 Å². The van der Waals surface area contributed by atoms with Crippen molar-refractivity contribution in [1.82, 2.24) is 0 Å². The van der Waals surface area contributed by atoms with Gasteiger partial charge in [-0.2, -0.15) is 0 Å². The van der Waals surface area contributed by atoms with Crippen molar-refractivity contribution in [3.8, 4) is 0 Å². The summed E-state index contributed by atoms with van der Waals surface area (Å²) in [5.74, 6) is -0.858. The van der Waals surface area contributed by atoms with E-state index >= 15 is 0 Å². The zero-order valence-corrected chi connectivity index (χ0v) is 9.16. The van der Waals surface area contributed by atoms with Crippen molar-refractivity contribution in [3.05, 3.63) is 34.9 Å². The van der Waals surface area contributed by atoms with E-state index in [2.05, 4.69) is 6.92 Å². The zero-order chi connectivity index (χ0) is 11.4. The van der Waals surface area contributed by atoms with Crippen molar-refractivity contribution < 1.29 is 9.90 Å². The molecule has 0 saturated heterocycles. The summed E-state index contributed by atoms with van der Waals surface area (Å²) < 4.78 is 0. The van der Waals surface area contributed by atoms with E-state index in [1.807, 2.05) is 25.1 Å². The molecule has 1 rings (SSSR count). The van der Waals surface area contributed by atoms with Crippen LogP contribution in [0.3, 0.4) is 0 Å². The predicted molar refractivity (Wildman–Crippen MR) is 59.7 cm³/mol. The molecule has 3 N–H and O–H groups in total. The molecule has 0 aliphatic rings. The molecule has 1 unspecified atom stereocenters. The minimum Gasteiger partial charge on any atom is -0.481 e. The van der Waals surface area contributed by atoms with Crippen molar-refractivity contribution in [2.75, 3.05) is 0 Å². The van der Waals surface area contributed by atoms with Crippen LogP contribution in [0, 0.1) is 6.92 Å². The summed E-state index contributed by atoms with van der Waals surface area (Å²) >= 11 is 0. The summed E-state index contributed by atoms with van der Waals surface area (Å²) in [4.78, 5) is 10.6. The van der Waals surface area contributed by atoms with Gasteiger partial charge < -0.3 is 10.8 Å². The molecule has 0 spiro atoms. The standard InChI is InChI=1S/C12H17NO2/c1-3-9-5-4-8(2)10(6-9)11(13)7-12(14)15/h4-6,11H,3,7,13H2,1-2H3,(H,14,15). The van der Waals surface area contributed by atoms with Crippen molar-refractivity contribution in [2.24, 2.45) is 5.73 Å². The van der Waals surface area contributed by atoms with Gasteiger partial charge in [-0.3, -0.25) is 4.79 Å². The van der Waals surface area contributed by atoms with Crippen LogP contribution in [0.5, 0.6) is 0 Å². The Kier molecular flexibility index (Phi) is 3.86. The van der Waals surface area contributed by atoms with Gasteiger partial charge in [0.15, 0.2) is 0 Å². The van der Waals surface area contributed by atoms with Crippen LogP contribution in [0.25, 0.3) is 0 Å². The van der Waals surface area contributed by atoms with E-state index in [9.17, 15) is 4.79 Å². The lowest BCUT2D eigenvalue weighted by Crippen LogP contribution is -2.16. The molecule has 15 heavy (non-hydrogen) atoms. The van der Waals surface area contributed by atoms with Gasteiger partial charge in [-0.15, -0.1) is 0 Å². The molecule has 0 aliphatic heterocycles. The molecule has 0 aromatic heterocycles. The van der Waals surface area contributed by atoms with E-state index in [0.29, 0.717) is 0 Å². The number of carboxylic acid groups (broad SMARTS) is 1. The Hall–Kier alpha value is -1.35. The lowest BCUT2D eigenvalue weighted by molar-refractivity contribution is -0.137. The third-order valence-corrected chi connectivity index (χ3v) is 2.55. The van der Waals surface area contributed by atoms with Crippen LogP contribution in [0.4, 0.5) is 0 Å². The molecule has 0 heterocycles. The number of carbonyl (C=O) groups is 1. The first kappa shape index (κ1) is 11.7. The number of carboxylic acids is 1. The summed E-state index contributed by atoms with van der Waals surface area (Å²) in [6.45, 7) is 4.02. The van der Waals surface area contributed by atoms with Crippen molar-refractivity contribution in [3.63, 3.8) is 0 Å².